The van der Waals surface area contributed by atoms with Crippen LogP contribution in [-0.2, 0) is 11.3 Å². The molecule has 2 aromatic carbocycles. The number of hydrazone groups is 1. The first-order chi connectivity index (χ1) is 12.1. The average Bonchev–Trinajstić information content (AvgIpc) is 2.95. The van der Waals surface area contributed by atoms with E-state index < -0.39 is 0 Å². The molecule has 1 N–H and O–H groups in total. The van der Waals surface area contributed by atoms with E-state index in [1.54, 1.807) is 7.11 Å². The van der Waals surface area contributed by atoms with Gasteiger partial charge in [-0.15, -0.1) is 0 Å². The van der Waals surface area contributed by atoms with Gasteiger partial charge < -0.3 is 9.30 Å². The molecular weight excluding hydrogens is 316 g/mol. The Morgan fingerprint density at radius 2 is 1.92 bits per heavy atom. The number of hydrogen-bond donors (Lipinski definition) is 1. The molecule has 6 heteroatoms. The van der Waals surface area contributed by atoms with E-state index in [2.05, 4.69) is 15.5 Å². The highest BCUT2D eigenvalue weighted by Crippen LogP contribution is 2.18. The summed E-state index contributed by atoms with van der Waals surface area (Å²) in [4.78, 5) is 16.8. The Labute approximate surface area is 146 Å². The summed E-state index contributed by atoms with van der Waals surface area (Å²) >= 11 is 0. The van der Waals surface area contributed by atoms with Crippen molar-refractivity contribution in [1.29, 1.82) is 0 Å². The normalized spacial score (nSPS) is 11.6. The van der Waals surface area contributed by atoms with E-state index in [1.807, 2.05) is 66.9 Å². The van der Waals surface area contributed by atoms with Crippen molar-refractivity contribution in [1.82, 2.24) is 15.0 Å². The van der Waals surface area contributed by atoms with Gasteiger partial charge in [0.15, 0.2) is 0 Å². The van der Waals surface area contributed by atoms with Crippen LogP contribution < -0.4 is 10.2 Å². The van der Waals surface area contributed by atoms with Gasteiger partial charge in [0.25, 0.3) is 5.91 Å². The highest BCUT2D eigenvalue weighted by molar-refractivity contribution is 6.01. The second-order valence-electron chi connectivity index (χ2n) is 5.67. The topological polar surface area (TPSA) is 68.5 Å². The molecule has 1 amide bonds. The summed E-state index contributed by atoms with van der Waals surface area (Å²) in [5, 5.41) is 4.20. The smallest absolute Gasteiger partial charge is 0.260 e. The number of ether oxygens (including phenoxy) is 1. The van der Waals surface area contributed by atoms with E-state index in [0.29, 0.717) is 5.71 Å². The zero-order chi connectivity index (χ0) is 17.8. The molecule has 0 atom stereocenters. The fourth-order valence-corrected chi connectivity index (χ4v) is 2.72. The predicted molar refractivity (Wildman–Crippen MR) is 97.8 cm³/mol. The first-order valence-electron chi connectivity index (χ1n) is 7.98. The minimum absolute atomic E-state index is 0.162. The highest BCUT2D eigenvalue weighted by Gasteiger charge is 2.11. The number of nitrogens with one attached hydrogen (secondary N) is 1. The second-order valence-corrected chi connectivity index (χ2v) is 5.67. The fourth-order valence-electron chi connectivity index (χ4n) is 2.72. The number of aryl methyl sites for hydroxylation is 1. The Morgan fingerprint density at radius 3 is 2.72 bits per heavy atom. The molecular formula is C19H20N4O2. The summed E-state index contributed by atoms with van der Waals surface area (Å²) in [6.07, 6.45) is 0. The quantitative estimate of drug-likeness (QED) is 0.575. The number of methoxy groups -OCH3 is 1. The molecule has 0 aliphatic heterocycles. The molecule has 128 valence electrons. The lowest BCUT2D eigenvalue weighted by molar-refractivity contribution is -0.121. The number of para-hydroxylation sites is 3. The number of carbonyl (C=O) groups excluding carboxylic acids is 1. The maximum atomic E-state index is 12.3. The molecule has 0 saturated heterocycles. The molecule has 0 fully saturated rings. The number of amides is 1. The third-order valence-electron chi connectivity index (χ3n) is 3.99. The molecule has 0 radical (unpaired) electrons. The van der Waals surface area contributed by atoms with Crippen LogP contribution in [0.3, 0.4) is 0 Å². The number of imidazole rings is 1. The molecule has 0 saturated carbocycles. The van der Waals surface area contributed by atoms with Gasteiger partial charge in [-0.1, -0.05) is 24.3 Å². The molecule has 0 aliphatic rings. The van der Waals surface area contributed by atoms with Crippen molar-refractivity contribution in [2.45, 2.75) is 20.4 Å². The number of carbonyl (C=O) groups is 1. The van der Waals surface area contributed by atoms with Crippen LogP contribution in [0.5, 0.6) is 5.75 Å². The third kappa shape index (κ3) is 3.52. The summed E-state index contributed by atoms with van der Waals surface area (Å²) in [5.41, 5.74) is 5.94. The van der Waals surface area contributed by atoms with Gasteiger partial charge in [-0.2, -0.15) is 5.10 Å². The Balaban J connectivity index is 1.75. The minimum atomic E-state index is -0.208. The summed E-state index contributed by atoms with van der Waals surface area (Å²) < 4.78 is 7.19. The van der Waals surface area contributed by atoms with Crippen LogP contribution in [0.25, 0.3) is 11.0 Å². The number of hydrogen-bond acceptors (Lipinski definition) is 4. The molecule has 0 aliphatic carbocycles. The van der Waals surface area contributed by atoms with Crippen LogP contribution in [0.15, 0.2) is 53.6 Å². The van der Waals surface area contributed by atoms with Gasteiger partial charge in [-0.3, -0.25) is 4.79 Å². The first-order valence-corrected chi connectivity index (χ1v) is 7.98. The molecule has 1 heterocycles. The number of fused-ring (bicyclic) bond motifs is 1. The van der Waals surface area contributed by atoms with Crippen molar-refractivity contribution < 1.29 is 9.53 Å². The standard InChI is InChI=1S/C19H20N4O2/c1-13(15-8-4-7-11-18(15)25-3)21-22-19(24)12-23-14(2)20-16-9-5-6-10-17(16)23/h4-11H,12H2,1-3H3,(H,22,24)/b21-13-. The van der Waals surface area contributed by atoms with Gasteiger partial charge in [0.2, 0.25) is 0 Å². The van der Waals surface area contributed by atoms with E-state index in [4.69, 9.17) is 4.74 Å². The zero-order valence-electron chi connectivity index (χ0n) is 14.5. The lowest BCUT2D eigenvalue weighted by Crippen LogP contribution is -2.24. The Bertz CT molecular complexity index is 944. The number of nitrogens with zero attached hydrogens (tertiary/aromatic N) is 3. The summed E-state index contributed by atoms with van der Waals surface area (Å²) in [5.74, 6) is 1.30. The maximum Gasteiger partial charge on any atom is 0.260 e. The van der Waals surface area contributed by atoms with Gasteiger partial charge in [0.05, 0.1) is 23.9 Å². The Morgan fingerprint density at radius 1 is 1.20 bits per heavy atom. The van der Waals surface area contributed by atoms with Crippen LogP contribution in [0.1, 0.15) is 18.3 Å². The zero-order valence-corrected chi connectivity index (χ0v) is 14.5. The average molecular weight is 336 g/mol. The third-order valence-corrected chi connectivity index (χ3v) is 3.99. The minimum Gasteiger partial charge on any atom is -0.496 e. The SMILES string of the molecule is COc1ccccc1/C(C)=N\NC(=O)Cn1c(C)nc2ccccc21. The van der Waals surface area contributed by atoms with Crippen molar-refractivity contribution >= 4 is 22.7 Å². The summed E-state index contributed by atoms with van der Waals surface area (Å²) in [6, 6.07) is 15.3. The van der Waals surface area contributed by atoms with E-state index in [1.165, 1.54) is 0 Å². The molecule has 6 nitrogen and oxygen atoms in total. The van der Waals surface area contributed by atoms with Gasteiger partial charge >= 0.3 is 0 Å². The van der Waals surface area contributed by atoms with Crippen LogP contribution in [0.2, 0.25) is 0 Å². The highest BCUT2D eigenvalue weighted by atomic mass is 16.5. The largest absolute Gasteiger partial charge is 0.496 e. The van der Waals surface area contributed by atoms with Crippen LogP contribution in [-0.4, -0.2) is 28.3 Å². The van der Waals surface area contributed by atoms with Crippen LogP contribution in [0, 0.1) is 6.92 Å². The molecule has 0 bridgehead atoms. The molecule has 1 aromatic heterocycles. The van der Waals surface area contributed by atoms with E-state index in [9.17, 15) is 4.79 Å². The van der Waals surface area contributed by atoms with Crippen molar-refractivity contribution in [3.05, 3.63) is 59.9 Å². The van der Waals surface area contributed by atoms with Crippen molar-refractivity contribution in [2.24, 2.45) is 5.10 Å². The Kier molecular flexibility index (Phi) is 4.79. The first kappa shape index (κ1) is 16.7. The molecule has 3 rings (SSSR count). The van der Waals surface area contributed by atoms with Gasteiger partial charge in [-0.05, 0) is 38.1 Å². The van der Waals surface area contributed by atoms with E-state index in [-0.39, 0.29) is 12.5 Å². The maximum absolute atomic E-state index is 12.3. The van der Waals surface area contributed by atoms with Crippen LogP contribution in [0.4, 0.5) is 0 Å². The van der Waals surface area contributed by atoms with Crippen molar-refractivity contribution in [3.63, 3.8) is 0 Å². The lowest BCUT2D eigenvalue weighted by Gasteiger charge is -2.09. The van der Waals surface area contributed by atoms with Crippen molar-refractivity contribution in [3.8, 4) is 5.75 Å². The summed E-state index contributed by atoms with van der Waals surface area (Å²) in [7, 11) is 1.61. The predicted octanol–water partition coefficient (Wildman–Crippen LogP) is 2.89. The van der Waals surface area contributed by atoms with Crippen molar-refractivity contribution in [2.75, 3.05) is 7.11 Å². The molecule has 0 unspecified atom stereocenters. The molecule has 0 spiro atoms. The number of rotatable bonds is 5. The fraction of sp³-hybridized carbons (Fsp3) is 0.211. The van der Waals surface area contributed by atoms with Crippen LogP contribution >= 0.6 is 0 Å². The van der Waals surface area contributed by atoms with E-state index in [0.717, 1.165) is 28.2 Å². The van der Waals surface area contributed by atoms with Gasteiger partial charge in [-0.25, -0.2) is 10.4 Å². The number of benzene rings is 2. The number of aromatic nitrogens is 2. The van der Waals surface area contributed by atoms with Gasteiger partial charge in [0, 0.05) is 5.56 Å². The van der Waals surface area contributed by atoms with E-state index >= 15 is 0 Å². The van der Waals surface area contributed by atoms with Gasteiger partial charge in [0.1, 0.15) is 18.1 Å². The summed E-state index contributed by atoms with van der Waals surface area (Å²) in [6.45, 7) is 3.88. The lowest BCUT2D eigenvalue weighted by atomic mass is 10.1. The second kappa shape index (κ2) is 7.17. The molecule has 3 aromatic rings. The molecule has 25 heavy (non-hydrogen) atoms. The monoisotopic (exact) mass is 336 g/mol. The Hall–Kier alpha value is -3.15.